The van der Waals surface area contributed by atoms with Gasteiger partial charge in [0.05, 0.1) is 24.8 Å². The molecule has 3 amide bonds. The quantitative estimate of drug-likeness (QED) is 0.467. The van der Waals surface area contributed by atoms with Crippen LogP contribution >= 0.6 is 0 Å². The molecular formula is C37H49N5O5. The van der Waals surface area contributed by atoms with Crippen LogP contribution in [-0.2, 0) is 25.5 Å². The molecule has 0 bridgehead atoms. The molecule has 3 saturated heterocycles. The van der Waals surface area contributed by atoms with Gasteiger partial charge in [0.15, 0.2) is 0 Å². The summed E-state index contributed by atoms with van der Waals surface area (Å²) in [5.41, 5.74) is 1.49. The van der Waals surface area contributed by atoms with E-state index in [1.54, 1.807) is 7.11 Å². The zero-order valence-electron chi connectivity index (χ0n) is 27.6. The average molecular weight is 644 g/mol. The maximum absolute atomic E-state index is 13.9. The Morgan fingerprint density at radius 2 is 1.68 bits per heavy atom. The lowest BCUT2D eigenvalue weighted by Crippen LogP contribution is -2.59. The monoisotopic (exact) mass is 643 g/mol. The van der Waals surface area contributed by atoms with Gasteiger partial charge in [-0.3, -0.25) is 19.3 Å². The number of piperidine rings is 1. The maximum atomic E-state index is 13.9. The van der Waals surface area contributed by atoms with Crippen molar-refractivity contribution in [2.45, 2.75) is 50.6 Å². The summed E-state index contributed by atoms with van der Waals surface area (Å²) in [4.78, 5) is 47.7. The molecule has 2 aromatic rings. The smallest absolute Gasteiger partial charge is 0.243 e. The molecule has 0 radical (unpaired) electrons. The Labute approximate surface area is 278 Å². The van der Waals surface area contributed by atoms with Crippen molar-refractivity contribution in [3.63, 3.8) is 0 Å². The summed E-state index contributed by atoms with van der Waals surface area (Å²) in [7, 11) is 1.69. The molecule has 1 spiro atoms. The van der Waals surface area contributed by atoms with Crippen LogP contribution in [0.5, 0.6) is 5.75 Å². The van der Waals surface area contributed by atoms with E-state index < -0.39 is 11.5 Å². The number of nitrogens with zero attached hydrogens (tertiary/aromatic N) is 3. The lowest BCUT2D eigenvalue weighted by Gasteiger charge is -2.41. The van der Waals surface area contributed by atoms with Crippen LogP contribution in [0.4, 0.5) is 5.69 Å². The summed E-state index contributed by atoms with van der Waals surface area (Å²) in [6.45, 7) is 5.82. The Kier molecular flexibility index (Phi) is 10.8. The Morgan fingerprint density at radius 3 is 2.45 bits per heavy atom. The van der Waals surface area contributed by atoms with E-state index in [1.165, 1.54) is 0 Å². The molecule has 0 unspecified atom stereocenters. The Hall–Kier alpha value is -3.89. The second kappa shape index (κ2) is 15.3. The first kappa shape index (κ1) is 33.0. The number of rotatable bonds is 6. The Bertz CT molecular complexity index is 1400. The number of ether oxygens (including phenoxy) is 2. The van der Waals surface area contributed by atoms with Gasteiger partial charge in [-0.15, -0.1) is 0 Å². The predicted molar refractivity (Wildman–Crippen MR) is 181 cm³/mol. The average Bonchev–Trinajstić information content (AvgIpc) is 3.11. The molecule has 0 aromatic heterocycles. The third-order valence-corrected chi connectivity index (χ3v) is 10.5. The van der Waals surface area contributed by atoms with Crippen LogP contribution in [0.25, 0.3) is 0 Å². The van der Waals surface area contributed by atoms with E-state index in [-0.39, 0.29) is 29.7 Å². The van der Waals surface area contributed by atoms with Crippen molar-refractivity contribution < 1.29 is 23.9 Å². The Morgan fingerprint density at radius 1 is 0.936 bits per heavy atom. The summed E-state index contributed by atoms with van der Waals surface area (Å²) < 4.78 is 11.2. The minimum atomic E-state index is -0.664. The molecule has 4 heterocycles. The molecule has 47 heavy (non-hydrogen) atoms. The number of hydrogen-bond acceptors (Lipinski definition) is 7. The van der Waals surface area contributed by atoms with Crippen molar-refractivity contribution >= 4 is 23.4 Å². The summed E-state index contributed by atoms with van der Waals surface area (Å²) in [5, 5.41) is 6.50. The number of piperazine rings is 1. The number of carbonyl (C=O) groups excluding carboxylic acids is 3. The fraction of sp³-hybridized carbons (Fsp3) is 0.541. The van der Waals surface area contributed by atoms with E-state index in [9.17, 15) is 14.4 Å². The van der Waals surface area contributed by atoms with Crippen molar-refractivity contribution in [3.05, 3.63) is 72.3 Å². The number of anilines is 1. The second-order valence-electron chi connectivity index (χ2n) is 13.5. The second-order valence-corrected chi connectivity index (χ2v) is 13.5. The van der Waals surface area contributed by atoms with Gasteiger partial charge in [0.2, 0.25) is 17.7 Å². The molecule has 10 heteroatoms. The van der Waals surface area contributed by atoms with E-state index in [0.717, 1.165) is 56.0 Å². The summed E-state index contributed by atoms with van der Waals surface area (Å²) in [6.07, 6.45) is 8.21. The van der Waals surface area contributed by atoms with Crippen LogP contribution in [-0.4, -0.2) is 106 Å². The molecule has 10 nitrogen and oxygen atoms in total. The van der Waals surface area contributed by atoms with Gasteiger partial charge >= 0.3 is 0 Å². The first-order chi connectivity index (χ1) is 22.9. The Balaban J connectivity index is 1.11. The number of allylic oxidation sites excluding steroid dienone is 2. The molecular weight excluding hydrogens is 594 g/mol. The van der Waals surface area contributed by atoms with Crippen LogP contribution in [0.2, 0.25) is 0 Å². The maximum Gasteiger partial charge on any atom is 0.243 e. The van der Waals surface area contributed by atoms with Crippen LogP contribution in [0.1, 0.15) is 37.7 Å². The van der Waals surface area contributed by atoms with Gasteiger partial charge < -0.3 is 29.9 Å². The molecule has 0 aliphatic carbocycles. The number of likely N-dealkylation sites (tertiary alicyclic amines) is 1. The molecule has 6 rings (SSSR count). The first-order valence-corrected chi connectivity index (χ1v) is 17.2. The van der Waals surface area contributed by atoms with Gasteiger partial charge in [-0.25, -0.2) is 0 Å². The molecule has 2 N–H and O–H groups in total. The summed E-state index contributed by atoms with van der Waals surface area (Å²) in [5.74, 6) is 0.974. The lowest BCUT2D eigenvalue weighted by molar-refractivity contribution is -0.140. The van der Waals surface area contributed by atoms with Crippen molar-refractivity contribution in [1.29, 1.82) is 0 Å². The number of hydrogen-bond donors (Lipinski definition) is 2. The minimum Gasteiger partial charge on any atom is -0.495 e. The van der Waals surface area contributed by atoms with Gasteiger partial charge in [0.25, 0.3) is 0 Å². The molecule has 2 aromatic carbocycles. The number of benzene rings is 2. The number of amides is 3. The molecule has 252 valence electrons. The predicted octanol–water partition coefficient (Wildman–Crippen LogP) is 3.02. The van der Waals surface area contributed by atoms with Crippen LogP contribution < -0.4 is 20.3 Å². The van der Waals surface area contributed by atoms with Gasteiger partial charge in [0, 0.05) is 64.9 Å². The number of carbonyl (C=O) groups is 3. The highest BCUT2D eigenvalue weighted by molar-refractivity contribution is 5.90. The number of methoxy groups -OCH3 is 1. The first-order valence-electron chi connectivity index (χ1n) is 17.2. The third kappa shape index (κ3) is 7.99. The van der Waals surface area contributed by atoms with Crippen molar-refractivity contribution in [3.8, 4) is 5.75 Å². The molecule has 4 aliphatic heterocycles. The highest BCUT2D eigenvalue weighted by Gasteiger charge is 2.41. The van der Waals surface area contributed by atoms with Gasteiger partial charge in [0.1, 0.15) is 11.8 Å². The highest BCUT2D eigenvalue weighted by atomic mass is 16.5. The fourth-order valence-electron chi connectivity index (χ4n) is 7.58. The molecule has 3 atom stereocenters. The zero-order valence-corrected chi connectivity index (χ0v) is 27.6. The highest BCUT2D eigenvalue weighted by Crippen LogP contribution is 2.36. The third-order valence-electron chi connectivity index (χ3n) is 10.5. The van der Waals surface area contributed by atoms with Gasteiger partial charge in [-0.1, -0.05) is 54.6 Å². The molecule has 0 saturated carbocycles. The van der Waals surface area contributed by atoms with E-state index in [2.05, 4.69) is 38.7 Å². The number of para-hydroxylation sites is 2. The van der Waals surface area contributed by atoms with E-state index in [0.29, 0.717) is 58.5 Å². The van der Waals surface area contributed by atoms with E-state index in [1.807, 2.05) is 53.4 Å². The van der Waals surface area contributed by atoms with Crippen molar-refractivity contribution in [2.24, 2.45) is 11.3 Å². The van der Waals surface area contributed by atoms with Gasteiger partial charge in [-0.2, -0.15) is 0 Å². The standard InChI is InChI=1S/C37H49N5O5/c1-46-33-13-6-5-12-32(33)41-19-21-42(22-20-41)34(43)27-40-18-14-30-29(26-40)11-7-8-15-37(16-23-47-24-17-37)36(45)39-31(35(44)38-30)25-28-9-3-2-4-10-28/h2-10,12-13,29-31H,11,14-27H2,1H3,(H,38,44)(H,39,45)/t29-,30+,31-/m0/s1. The summed E-state index contributed by atoms with van der Waals surface area (Å²) >= 11 is 0. The number of nitrogens with one attached hydrogen (secondary N) is 2. The van der Waals surface area contributed by atoms with E-state index in [4.69, 9.17) is 9.47 Å². The molecule has 4 aliphatic rings. The minimum absolute atomic E-state index is 0.0328. The number of fused-ring (bicyclic) bond motifs is 1. The SMILES string of the molecule is COc1ccccc1N1CCN(C(=O)CN2CC[C@H]3NC(=O)[C@H](Cc4ccccc4)NC(=O)C4(CC=CC[C@H]3C2)CCOCC4)CC1. The summed E-state index contributed by atoms with van der Waals surface area (Å²) in [6, 6.07) is 17.2. The van der Waals surface area contributed by atoms with Crippen LogP contribution in [0, 0.1) is 11.3 Å². The van der Waals surface area contributed by atoms with Crippen LogP contribution in [0.15, 0.2) is 66.7 Å². The van der Waals surface area contributed by atoms with Crippen molar-refractivity contribution in [2.75, 3.05) is 71.0 Å². The largest absolute Gasteiger partial charge is 0.495 e. The lowest BCUT2D eigenvalue weighted by atomic mass is 9.75. The van der Waals surface area contributed by atoms with Crippen molar-refractivity contribution in [1.82, 2.24) is 20.4 Å². The van der Waals surface area contributed by atoms with Gasteiger partial charge in [-0.05, 0) is 55.7 Å². The van der Waals surface area contributed by atoms with Crippen LogP contribution in [0.3, 0.4) is 0 Å². The molecule has 3 fully saturated rings. The topological polar surface area (TPSA) is 103 Å². The van der Waals surface area contributed by atoms with E-state index >= 15 is 0 Å². The fourth-order valence-corrected chi connectivity index (χ4v) is 7.58. The zero-order chi connectivity index (χ0) is 32.6. The normalized spacial score (nSPS) is 25.6.